The molecule has 10 rings (SSSR count). The number of benzene rings is 6. The first-order valence-corrected chi connectivity index (χ1v) is 14.7. The van der Waals surface area contributed by atoms with Crippen LogP contribution in [-0.2, 0) is 0 Å². The minimum absolute atomic E-state index is 0.998. The van der Waals surface area contributed by atoms with Crippen molar-refractivity contribution in [1.29, 1.82) is 0 Å². The summed E-state index contributed by atoms with van der Waals surface area (Å²) in [7, 11) is 0. The maximum atomic E-state index is 5.33. The van der Waals surface area contributed by atoms with Crippen LogP contribution >= 0.6 is 11.3 Å². The van der Waals surface area contributed by atoms with E-state index in [1.165, 1.54) is 63.7 Å². The molecule has 0 aliphatic rings. The molecule has 0 spiro atoms. The van der Waals surface area contributed by atoms with Crippen LogP contribution in [0.2, 0.25) is 0 Å². The minimum atomic E-state index is 0.998. The van der Waals surface area contributed by atoms with E-state index in [0.717, 1.165) is 22.4 Å². The number of hydrogen-bond acceptors (Lipinski definition) is 2. The van der Waals surface area contributed by atoms with E-state index in [0.29, 0.717) is 0 Å². The van der Waals surface area contributed by atoms with E-state index in [-0.39, 0.29) is 0 Å². The summed E-state index contributed by atoms with van der Waals surface area (Å²) in [6, 6.07) is 46.2. The Kier molecular flexibility index (Phi) is 4.07. The van der Waals surface area contributed by atoms with E-state index in [2.05, 4.69) is 136 Å². The summed E-state index contributed by atoms with van der Waals surface area (Å²) in [5, 5.41) is 8.78. The van der Waals surface area contributed by atoms with Crippen LogP contribution in [0.15, 0.2) is 127 Å². The van der Waals surface area contributed by atoms with Gasteiger partial charge in [-0.05, 0) is 53.9 Å². The van der Waals surface area contributed by atoms with Crippen molar-refractivity contribution in [2.75, 3.05) is 0 Å². The zero-order chi connectivity index (χ0) is 26.7. The van der Waals surface area contributed by atoms with Gasteiger partial charge in [0.2, 0.25) is 0 Å². The topological polar surface area (TPSA) is 22.2 Å². The molecule has 4 aromatic heterocycles. The molecule has 3 nitrogen and oxygen atoms in total. The molecule has 0 unspecified atom stereocenters. The molecule has 0 aliphatic heterocycles. The molecule has 10 aromatic rings. The second kappa shape index (κ2) is 7.72. The van der Waals surface area contributed by atoms with Gasteiger partial charge < -0.3 is 4.57 Å². The van der Waals surface area contributed by atoms with E-state index in [1.54, 1.807) is 0 Å². The first kappa shape index (κ1) is 21.6. The fourth-order valence-corrected chi connectivity index (χ4v) is 8.08. The van der Waals surface area contributed by atoms with Crippen molar-refractivity contribution in [3.05, 3.63) is 127 Å². The third kappa shape index (κ3) is 2.75. The lowest BCUT2D eigenvalue weighted by Crippen LogP contribution is -1.97. The van der Waals surface area contributed by atoms with Gasteiger partial charge in [0, 0.05) is 42.0 Å². The van der Waals surface area contributed by atoms with Gasteiger partial charge in [0.15, 0.2) is 0 Å². The highest BCUT2D eigenvalue weighted by Crippen LogP contribution is 2.44. The Balaban J connectivity index is 1.54. The van der Waals surface area contributed by atoms with Crippen LogP contribution in [0.1, 0.15) is 0 Å². The summed E-state index contributed by atoms with van der Waals surface area (Å²) >= 11 is 1.87. The summed E-state index contributed by atoms with van der Waals surface area (Å²) in [6.07, 6.45) is 0. The number of fused-ring (bicyclic) bond motifs is 15. The van der Waals surface area contributed by atoms with Crippen molar-refractivity contribution < 1.29 is 0 Å². The van der Waals surface area contributed by atoms with E-state index in [1.807, 2.05) is 11.3 Å². The van der Waals surface area contributed by atoms with Gasteiger partial charge in [-0.1, -0.05) is 78.9 Å². The third-order valence-electron chi connectivity index (χ3n) is 8.66. The van der Waals surface area contributed by atoms with Crippen molar-refractivity contribution >= 4 is 91.7 Å². The Morgan fingerprint density at radius 2 is 1.22 bits per heavy atom. The summed E-state index contributed by atoms with van der Waals surface area (Å²) in [4.78, 5) is 5.33. The van der Waals surface area contributed by atoms with Gasteiger partial charge in [0.05, 0.1) is 33.0 Å². The molecular formula is C37H21N3S. The van der Waals surface area contributed by atoms with Crippen LogP contribution in [0.3, 0.4) is 0 Å². The molecule has 4 heterocycles. The normalized spacial score (nSPS) is 12.4. The van der Waals surface area contributed by atoms with Crippen molar-refractivity contribution in [1.82, 2.24) is 14.0 Å². The lowest BCUT2D eigenvalue weighted by molar-refractivity contribution is 1.18. The molecule has 0 atom stereocenters. The fourth-order valence-electron chi connectivity index (χ4n) is 6.95. The lowest BCUT2D eigenvalue weighted by Gasteiger charge is -2.13. The maximum absolute atomic E-state index is 5.33. The van der Waals surface area contributed by atoms with Crippen LogP contribution < -0.4 is 0 Å². The number of thiophene rings is 1. The van der Waals surface area contributed by atoms with Gasteiger partial charge in [-0.3, -0.25) is 4.40 Å². The Morgan fingerprint density at radius 1 is 0.488 bits per heavy atom. The van der Waals surface area contributed by atoms with Gasteiger partial charge >= 0.3 is 0 Å². The molecule has 41 heavy (non-hydrogen) atoms. The van der Waals surface area contributed by atoms with Crippen LogP contribution in [0.25, 0.3) is 86.0 Å². The van der Waals surface area contributed by atoms with Gasteiger partial charge in [-0.15, -0.1) is 11.3 Å². The Hall–Kier alpha value is -5.19. The van der Waals surface area contributed by atoms with Gasteiger partial charge in [0.1, 0.15) is 5.65 Å². The fraction of sp³-hybridized carbons (Fsp3) is 0. The largest absolute Gasteiger partial charge is 0.308 e. The van der Waals surface area contributed by atoms with Crippen molar-refractivity contribution in [3.8, 4) is 5.69 Å². The second-order valence-electron chi connectivity index (χ2n) is 10.8. The average Bonchev–Trinajstić information content (AvgIpc) is 3.70. The van der Waals surface area contributed by atoms with Crippen LogP contribution in [-0.4, -0.2) is 14.0 Å². The number of aromatic nitrogens is 3. The van der Waals surface area contributed by atoms with Gasteiger partial charge in [0.25, 0.3) is 0 Å². The average molecular weight is 540 g/mol. The minimum Gasteiger partial charge on any atom is -0.308 e. The van der Waals surface area contributed by atoms with Crippen LogP contribution in [0.5, 0.6) is 0 Å². The zero-order valence-electron chi connectivity index (χ0n) is 21.9. The molecule has 0 fully saturated rings. The number of para-hydroxylation sites is 4. The summed E-state index contributed by atoms with van der Waals surface area (Å²) in [5.74, 6) is 0. The van der Waals surface area contributed by atoms with Crippen molar-refractivity contribution in [2.45, 2.75) is 0 Å². The molecule has 0 amide bonds. The first-order valence-electron chi connectivity index (χ1n) is 13.9. The van der Waals surface area contributed by atoms with Gasteiger partial charge in [-0.2, -0.15) is 0 Å². The van der Waals surface area contributed by atoms with E-state index < -0.39 is 0 Å². The molecule has 190 valence electrons. The number of rotatable bonds is 1. The highest BCUT2D eigenvalue weighted by Gasteiger charge is 2.21. The monoisotopic (exact) mass is 539 g/mol. The molecule has 0 aliphatic carbocycles. The standard InChI is InChI=1S/C37H21N3S/c1-2-10-22(11-3-1)39-30-15-7-4-12-23(30)26-19-18-25-27-21-34-28(24-13-5-9-17-33(24)41-34)20-32(27)40-31-16-8-6-14-29(31)38-37(40)35(25)36(26)39/h1-21H. The van der Waals surface area contributed by atoms with E-state index in [4.69, 9.17) is 4.98 Å². The Labute approximate surface area is 238 Å². The van der Waals surface area contributed by atoms with Crippen molar-refractivity contribution in [3.63, 3.8) is 0 Å². The molecule has 4 heteroatoms. The number of nitrogens with zero attached hydrogens (tertiary/aromatic N) is 3. The molecule has 0 bridgehead atoms. The predicted octanol–water partition coefficient (Wildman–Crippen LogP) is 10.3. The second-order valence-corrected chi connectivity index (χ2v) is 11.9. The SMILES string of the molecule is c1ccc(-n2c3ccccc3c3ccc4c5cc6sc7ccccc7c6cc5n5c6ccccc6nc5c4c32)cc1. The predicted molar refractivity (Wildman–Crippen MR) is 175 cm³/mol. The number of hydrogen-bond donors (Lipinski definition) is 0. The van der Waals surface area contributed by atoms with E-state index in [9.17, 15) is 0 Å². The Bertz CT molecular complexity index is 2690. The molecule has 0 saturated carbocycles. The number of imidazole rings is 1. The molecule has 0 saturated heterocycles. The smallest absolute Gasteiger partial charge is 0.148 e. The number of pyridine rings is 1. The van der Waals surface area contributed by atoms with Crippen LogP contribution in [0.4, 0.5) is 0 Å². The summed E-state index contributed by atoms with van der Waals surface area (Å²) < 4.78 is 7.45. The third-order valence-corrected chi connectivity index (χ3v) is 9.80. The summed E-state index contributed by atoms with van der Waals surface area (Å²) in [5.41, 5.74) is 7.89. The molecule has 6 aromatic carbocycles. The highest BCUT2D eigenvalue weighted by atomic mass is 32.1. The van der Waals surface area contributed by atoms with Gasteiger partial charge in [-0.25, -0.2) is 4.98 Å². The maximum Gasteiger partial charge on any atom is 0.148 e. The first-order chi connectivity index (χ1) is 20.3. The highest BCUT2D eigenvalue weighted by molar-refractivity contribution is 7.25. The molecular weight excluding hydrogens is 518 g/mol. The Morgan fingerprint density at radius 3 is 2.12 bits per heavy atom. The van der Waals surface area contributed by atoms with Crippen LogP contribution in [0, 0.1) is 0 Å². The molecule has 0 radical (unpaired) electrons. The zero-order valence-corrected chi connectivity index (χ0v) is 22.7. The lowest BCUT2D eigenvalue weighted by atomic mass is 10.0. The van der Waals surface area contributed by atoms with Crippen molar-refractivity contribution in [2.24, 2.45) is 0 Å². The molecule has 0 N–H and O–H groups in total. The summed E-state index contributed by atoms with van der Waals surface area (Å²) in [6.45, 7) is 0. The van der Waals surface area contributed by atoms with E-state index >= 15 is 0 Å². The quantitative estimate of drug-likeness (QED) is 0.190.